The summed E-state index contributed by atoms with van der Waals surface area (Å²) >= 11 is 0. The van der Waals surface area contributed by atoms with E-state index in [0.29, 0.717) is 19.3 Å². The molecule has 0 rings (SSSR count). The molecule has 0 fully saturated rings. The molecular weight excluding hydrogens is 566 g/mol. The van der Waals surface area contributed by atoms with Gasteiger partial charge in [0.2, 0.25) is 0 Å². The van der Waals surface area contributed by atoms with Gasteiger partial charge in [0, 0.05) is 18.8 Å². The molecule has 0 amide bonds. The van der Waals surface area contributed by atoms with Crippen LogP contribution in [0.25, 0.3) is 0 Å². The lowest BCUT2D eigenvalue weighted by atomic mass is 10.0. The Hall–Kier alpha value is -1.89. The van der Waals surface area contributed by atoms with Crippen LogP contribution in [0.5, 0.6) is 0 Å². The summed E-state index contributed by atoms with van der Waals surface area (Å²) in [4.78, 5) is 33.0. The predicted molar refractivity (Wildman–Crippen MR) is 184 cm³/mol. The number of carboxylic acid groups (broad SMARTS) is 3. The quantitative estimate of drug-likeness (QED) is 0.0402. The van der Waals surface area contributed by atoms with Gasteiger partial charge in [0.1, 0.15) is 0 Å². The second kappa shape index (κ2) is 32.1. The van der Waals surface area contributed by atoms with E-state index in [2.05, 4.69) is 19.1 Å². The highest BCUT2D eigenvalue weighted by atomic mass is 16.4. The number of aliphatic carboxylic acids is 3. The molecule has 0 aromatic rings. The summed E-state index contributed by atoms with van der Waals surface area (Å²) in [6, 6.07) is 0. The molecule has 7 heteroatoms. The molecule has 264 valence electrons. The first-order chi connectivity index (χ1) is 21.8. The molecule has 0 radical (unpaired) electrons. The van der Waals surface area contributed by atoms with Gasteiger partial charge in [-0.15, -0.1) is 0 Å². The number of carboxylic acids is 3. The second-order valence-corrected chi connectivity index (χ2v) is 13.5. The number of hydrogen-bond acceptors (Lipinski definition) is 4. The van der Waals surface area contributed by atoms with Crippen LogP contribution in [0.1, 0.15) is 187 Å². The van der Waals surface area contributed by atoms with Crippen molar-refractivity contribution in [3.63, 3.8) is 0 Å². The van der Waals surface area contributed by atoms with E-state index in [-0.39, 0.29) is 19.3 Å². The Kier molecular flexibility index (Phi) is 30.7. The average molecular weight is 638 g/mol. The molecule has 0 aromatic carbocycles. The predicted octanol–water partition coefficient (Wildman–Crippen LogP) is 9.22. The Bertz CT molecular complexity index is 683. The summed E-state index contributed by atoms with van der Waals surface area (Å²) < 4.78 is 0.848. The number of nitrogens with zero attached hydrogens (tertiary/aromatic N) is 1. The maximum Gasteiger partial charge on any atom is 0.303 e. The molecule has 0 aliphatic heterocycles. The largest absolute Gasteiger partial charge is 0.550 e. The topological polar surface area (TPSA) is 115 Å². The Morgan fingerprint density at radius 1 is 0.467 bits per heavy atom. The number of carbonyl (C=O) groups excluding carboxylic acids is 1. The van der Waals surface area contributed by atoms with Crippen LogP contribution in [-0.2, 0) is 14.4 Å². The Morgan fingerprint density at radius 2 is 0.778 bits per heavy atom. The molecule has 0 aliphatic carbocycles. The molecule has 0 spiro atoms. The summed E-state index contributed by atoms with van der Waals surface area (Å²) in [5, 5.41) is 29.0. The van der Waals surface area contributed by atoms with Gasteiger partial charge in [-0.3, -0.25) is 9.59 Å². The zero-order chi connectivity index (χ0) is 33.3. The number of allylic oxidation sites excluding steroid dienone is 2. The number of rotatable bonds is 36. The van der Waals surface area contributed by atoms with Crippen LogP contribution in [-0.4, -0.2) is 58.8 Å². The normalized spacial score (nSPS) is 11.8. The lowest BCUT2D eigenvalue weighted by molar-refractivity contribution is -0.929. The van der Waals surface area contributed by atoms with Crippen molar-refractivity contribution >= 4 is 17.9 Å². The number of carbonyl (C=O) groups is 3. The van der Waals surface area contributed by atoms with Gasteiger partial charge in [0.25, 0.3) is 0 Å². The maximum absolute atomic E-state index is 11.0. The van der Waals surface area contributed by atoms with Gasteiger partial charge in [-0.05, 0) is 83.5 Å². The SMILES string of the molecule is CCCCCCCCC/C=C/CCCCCCCCCCCC[N+](CCCCC(=O)[O-])(CCCCC(=O)O)CCCCC(=O)O. The minimum atomic E-state index is -1.02. The average Bonchev–Trinajstić information content (AvgIpc) is 3.00. The van der Waals surface area contributed by atoms with Crippen LogP contribution in [0.3, 0.4) is 0 Å². The zero-order valence-electron chi connectivity index (χ0n) is 29.3. The first kappa shape index (κ1) is 43.1. The van der Waals surface area contributed by atoms with Crippen LogP contribution in [0.2, 0.25) is 0 Å². The van der Waals surface area contributed by atoms with E-state index in [9.17, 15) is 19.5 Å². The molecule has 0 bridgehead atoms. The minimum absolute atomic E-state index is 0.0639. The van der Waals surface area contributed by atoms with Crippen molar-refractivity contribution in [2.24, 2.45) is 0 Å². The first-order valence-corrected chi connectivity index (χ1v) is 18.9. The molecule has 2 N–H and O–H groups in total. The monoisotopic (exact) mass is 638 g/mol. The van der Waals surface area contributed by atoms with Crippen LogP contribution in [0.15, 0.2) is 12.2 Å². The van der Waals surface area contributed by atoms with E-state index in [1.807, 2.05) is 0 Å². The van der Waals surface area contributed by atoms with Gasteiger partial charge in [0.15, 0.2) is 0 Å². The molecule has 7 nitrogen and oxygen atoms in total. The van der Waals surface area contributed by atoms with E-state index in [0.717, 1.165) is 56.3 Å². The van der Waals surface area contributed by atoms with Crippen molar-refractivity contribution in [2.45, 2.75) is 187 Å². The van der Waals surface area contributed by atoms with Crippen LogP contribution in [0, 0.1) is 0 Å². The zero-order valence-corrected chi connectivity index (χ0v) is 29.3. The first-order valence-electron chi connectivity index (χ1n) is 18.9. The van der Waals surface area contributed by atoms with Crippen molar-refractivity contribution in [1.82, 2.24) is 0 Å². The standard InChI is InChI=1S/C38H71NO6/c1-2-3-4-5-6-7-8-9-10-11-12-13-14-15-16-17-18-19-20-21-25-32-39(33-26-22-29-36(40)41,34-27-23-30-37(42)43)35-28-24-31-38(44)45/h10-11H,2-9,12-35H2,1H3,(H2-,40,41,42,43,44,45)/b11-10+. The van der Waals surface area contributed by atoms with Gasteiger partial charge in [-0.2, -0.15) is 0 Å². The molecule has 0 aliphatic rings. The molecular formula is C38H71NO6. The van der Waals surface area contributed by atoms with E-state index in [1.165, 1.54) is 116 Å². The van der Waals surface area contributed by atoms with E-state index < -0.39 is 17.9 Å². The fourth-order valence-corrected chi connectivity index (χ4v) is 6.41. The number of quaternary nitrogens is 1. The lowest BCUT2D eigenvalue weighted by Gasteiger charge is -2.39. The molecule has 0 saturated heterocycles. The maximum atomic E-state index is 11.0. The van der Waals surface area contributed by atoms with Gasteiger partial charge >= 0.3 is 11.9 Å². The van der Waals surface area contributed by atoms with Crippen molar-refractivity contribution in [1.29, 1.82) is 0 Å². The smallest absolute Gasteiger partial charge is 0.303 e. The number of unbranched alkanes of at least 4 members (excludes halogenated alkanes) is 20. The third-order valence-corrected chi connectivity index (χ3v) is 9.20. The second-order valence-electron chi connectivity index (χ2n) is 13.5. The van der Waals surface area contributed by atoms with Crippen molar-refractivity contribution < 1.29 is 34.2 Å². The van der Waals surface area contributed by atoms with E-state index in [4.69, 9.17) is 10.2 Å². The van der Waals surface area contributed by atoms with Crippen molar-refractivity contribution in [3.8, 4) is 0 Å². The van der Waals surface area contributed by atoms with Gasteiger partial charge < -0.3 is 24.6 Å². The molecule has 0 aromatic heterocycles. The number of hydrogen-bond donors (Lipinski definition) is 2. The van der Waals surface area contributed by atoms with Gasteiger partial charge in [-0.1, -0.05) is 103 Å². The fourth-order valence-electron chi connectivity index (χ4n) is 6.41. The third kappa shape index (κ3) is 31.9. The van der Waals surface area contributed by atoms with E-state index in [1.54, 1.807) is 0 Å². The van der Waals surface area contributed by atoms with Crippen LogP contribution < -0.4 is 5.11 Å². The third-order valence-electron chi connectivity index (χ3n) is 9.20. The summed E-state index contributed by atoms with van der Waals surface area (Å²) in [6.07, 6.45) is 34.3. The summed E-state index contributed by atoms with van der Waals surface area (Å²) in [5.74, 6) is -2.56. The highest BCUT2D eigenvalue weighted by molar-refractivity contribution is 5.66. The van der Waals surface area contributed by atoms with Crippen molar-refractivity contribution in [2.75, 3.05) is 26.2 Å². The minimum Gasteiger partial charge on any atom is -0.550 e. The molecule has 0 unspecified atom stereocenters. The van der Waals surface area contributed by atoms with E-state index >= 15 is 0 Å². The summed E-state index contributed by atoms with van der Waals surface area (Å²) in [7, 11) is 0. The van der Waals surface area contributed by atoms with Crippen LogP contribution >= 0.6 is 0 Å². The highest BCUT2D eigenvalue weighted by Crippen LogP contribution is 2.20. The molecule has 0 heterocycles. The van der Waals surface area contributed by atoms with Gasteiger partial charge in [-0.25, -0.2) is 0 Å². The van der Waals surface area contributed by atoms with Gasteiger partial charge in [0.05, 0.1) is 26.2 Å². The lowest BCUT2D eigenvalue weighted by Crippen LogP contribution is -2.51. The Balaban J connectivity index is 4.21. The highest BCUT2D eigenvalue weighted by Gasteiger charge is 2.26. The van der Waals surface area contributed by atoms with Crippen molar-refractivity contribution in [3.05, 3.63) is 12.2 Å². The fraction of sp³-hybridized carbons (Fsp3) is 0.868. The Morgan fingerprint density at radius 3 is 1.13 bits per heavy atom. The Labute approximate surface area is 276 Å². The molecule has 0 atom stereocenters. The summed E-state index contributed by atoms with van der Waals surface area (Å²) in [6.45, 7) is 5.89. The summed E-state index contributed by atoms with van der Waals surface area (Å²) in [5.41, 5.74) is 0. The van der Waals surface area contributed by atoms with Crippen LogP contribution in [0.4, 0.5) is 0 Å². The molecule has 0 saturated carbocycles. The molecule has 45 heavy (non-hydrogen) atoms.